The molecule has 5 heteroatoms. The van der Waals surface area contributed by atoms with E-state index in [0.717, 1.165) is 12.3 Å². The zero-order chi connectivity index (χ0) is 10.5. The molecular formula is C10H14N2O3. The van der Waals surface area contributed by atoms with Crippen LogP contribution in [0.5, 0.6) is 0 Å². The standard InChI is InChI=1S/C10H14N2O3/c1-2-13-5-6-14-8-9-7-11-10-12(9)3-4-15-10/h3-4,7H,2,5-6,8H2,1H3. The Kier molecular flexibility index (Phi) is 3.37. The number of oxazole rings is 1. The molecule has 0 spiro atoms. The van der Waals surface area contributed by atoms with Crippen LogP contribution < -0.4 is 0 Å². The van der Waals surface area contributed by atoms with Crippen LogP contribution in [0.3, 0.4) is 0 Å². The molecule has 0 saturated carbocycles. The summed E-state index contributed by atoms with van der Waals surface area (Å²) in [4.78, 5) is 4.08. The largest absolute Gasteiger partial charge is 0.432 e. The number of imidazole rings is 1. The van der Waals surface area contributed by atoms with Crippen molar-refractivity contribution in [1.82, 2.24) is 9.38 Å². The highest BCUT2D eigenvalue weighted by Crippen LogP contribution is 2.07. The van der Waals surface area contributed by atoms with Crippen molar-refractivity contribution < 1.29 is 13.9 Å². The van der Waals surface area contributed by atoms with Gasteiger partial charge in [0.15, 0.2) is 0 Å². The highest BCUT2D eigenvalue weighted by molar-refractivity contribution is 5.26. The van der Waals surface area contributed by atoms with E-state index in [1.165, 1.54) is 0 Å². The number of nitrogens with zero attached hydrogens (tertiary/aromatic N) is 2. The van der Waals surface area contributed by atoms with E-state index < -0.39 is 0 Å². The first kappa shape index (κ1) is 10.2. The molecule has 0 N–H and O–H groups in total. The molecule has 5 nitrogen and oxygen atoms in total. The second kappa shape index (κ2) is 4.95. The van der Waals surface area contributed by atoms with Crippen molar-refractivity contribution in [3.05, 3.63) is 24.4 Å². The zero-order valence-electron chi connectivity index (χ0n) is 8.68. The first-order valence-electron chi connectivity index (χ1n) is 4.96. The Hall–Kier alpha value is -1.33. The lowest BCUT2D eigenvalue weighted by Crippen LogP contribution is -2.04. The van der Waals surface area contributed by atoms with E-state index in [9.17, 15) is 0 Å². The number of rotatable bonds is 6. The lowest BCUT2D eigenvalue weighted by molar-refractivity contribution is 0.0439. The SMILES string of the molecule is CCOCCOCc1cnc2occn12. The van der Waals surface area contributed by atoms with E-state index in [1.54, 1.807) is 12.5 Å². The highest BCUT2D eigenvalue weighted by atomic mass is 16.5. The summed E-state index contributed by atoms with van der Waals surface area (Å²) in [5, 5.41) is 0. The summed E-state index contributed by atoms with van der Waals surface area (Å²) < 4.78 is 17.6. The van der Waals surface area contributed by atoms with Gasteiger partial charge < -0.3 is 13.9 Å². The number of hydrogen-bond donors (Lipinski definition) is 0. The van der Waals surface area contributed by atoms with Crippen LogP contribution in [-0.4, -0.2) is 29.2 Å². The first-order valence-corrected chi connectivity index (χ1v) is 4.96. The van der Waals surface area contributed by atoms with Gasteiger partial charge in [0.25, 0.3) is 0 Å². The maximum Gasteiger partial charge on any atom is 0.305 e. The van der Waals surface area contributed by atoms with Gasteiger partial charge in [0.1, 0.15) is 6.26 Å². The summed E-state index contributed by atoms with van der Waals surface area (Å²) >= 11 is 0. The molecule has 0 amide bonds. The normalized spacial score (nSPS) is 11.3. The molecule has 0 aliphatic carbocycles. The van der Waals surface area contributed by atoms with Gasteiger partial charge >= 0.3 is 5.84 Å². The topological polar surface area (TPSA) is 48.9 Å². The maximum absolute atomic E-state index is 5.43. The molecule has 82 valence electrons. The van der Waals surface area contributed by atoms with Gasteiger partial charge in [-0.25, -0.2) is 4.98 Å². The molecule has 2 aromatic heterocycles. The van der Waals surface area contributed by atoms with Crippen LogP contribution in [0.2, 0.25) is 0 Å². The lowest BCUT2D eigenvalue weighted by atomic mass is 10.5. The molecule has 0 saturated heterocycles. The molecular weight excluding hydrogens is 196 g/mol. The molecule has 2 heterocycles. The summed E-state index contributed by atoms with van der Waals surface area (Å²) in [5.41, 5.74) is 0.982. The van der Waals surface area contributed by atoms with E-state index in [2.05, 4.69) is 4.98 Å². The minimum absolute atomic E-state index is 0.522. The van der Waals surface area contributed by atoms with Crippen LogP contribution in [0.25, 0.3) is 5.84 Å². The summed E-state index contributed by atoms with van der Waals surface area (Å²) in [7, 11) is 0. The zero-order valence-corrected chi connectivity index (χ0v) is 8.68. The smallest absolute Gasteiger partial charge is 0.305 e. The average Bonchev–Trinajstić information content (AvgIpc) is 2.81. The van der Waals surface area contributed by atoms with Crippen LogP contribution in [0.15, 0.2) is 23.1 Å². The van der Waals surface area contributed by atoms with Crippen molar-refractivity contribution in [2.24, 2.45) is 0 Å². The van der Waals surface area contributed by atoms with Gasteiger partial charge in [-0.2, -0.15) is 0 Å². The summed E-state index contributed by atoms with van der Waals surface area (Å²) in [6.07, 6.45) is 5.18. The molecule has 0 fully saturated rings. The fraction of sp³-hybridized carbons (Fsp3) is 0.500. The van der Waals surface area contributed by atoms with Gasteiger partial charge in [-0.15, -0.1) is 0 Å². The summed E-state index contributed by atoms with van der Waals surface area (Å²) in [5.74, 6) is 0.596. The molecule has 0 unspecified atom stereocenters. The van der Waals surface area contributed by atoms with E-state index >= 15 is 0 Å². The number of aromatic nitrogens is 2. The molecule has 15 heavy (non-hydrogen) atoms. The van der Waals surface area contributed by atoms with E-state index in [4.69, 9.17) is 13.9 Å². The van der Waals surface area contributed by atoms with E-state index in [-0.39, 0.29) is 0 Å². The number of hydrogen-bond acceptors (Lipinski definition) is 4. The minimum atomic E-state index is 0.522. The molecule has 0 aromatic carbocycles. The van der Waals surface area contributed by atoms with Crippen molar-refractivity contribution in [2.45, 2.75) is 13.5 Å². The van der Waals surface area contributed by atoms with Crippen LogP contribution in [0.4, 0.5) is 0 Å². The first-order chi connectivity index (χ1) is 7.42. The van der Waals surface area contributed by atoms with Crippen LogP contribution in [0, 0.1) is 0 Å². The number of fused-ring (bicyclic) bond motifs is 1. The van der Waals surface area contributed by atoms with E-state index in [1.807, 2.05) is 17.5 Å². The van der Waals surface area contributed by atoms with Gasteiger partial charge in [-0.1, -0.05) is 0 Å². The van der Waals surface area contributed by atoms with Gasteiger partial charge in [0.05, 0.1) is 31.7 Å². The highest BCUT2D eigenvalue weighted by Gasteiger charge is 2.04. The fourth-order valence-electron chi connectivity index (χ4n) is 1.32. The van der Waals surface area contributed by atoms with Crippen molar-refractivity contribution in [1.29, 1.82) is 0 Å². The second-order valence-electron chi connectivity index (χ2n) is 3.05. The fourth-order valence-corrected chi connectivity index (χ4v) is 1.32. The Morgan fingerprint density at radius 2 is 2.27 bits per heavy atom. The van der Waals surface area contributed by atoms with Crippen molar-refractivity contribution >= 4 is 5.84 Å². The average molecular weight is 210 g/mol. The molecule has 0 aliphatic heterocycles. The quantitative estimate of drug-likeness (QED) is 0.677. The third-order valence-electron chi connectivity index (χ3n) is 2.05. The van der Waals surface area contributed by atoms with E-state index in [0.29, 0.717) is 25.7 Å². The molecule has 0 radical (unpaired) electrons. The molecule has 0 bridgehead atoms. The Bertz CT molecular complexity index is 407. The minimum Gasteiger partial charge on any atom is -0.432 e. The molecule has 0 aliphatic rings. The summed E-state index contributed by atoms with van der Waals surface area (Å²) in [6.45, 7) is 4.44. The van der Waals surface area contributed by atoms with Crippen molar-refractivity contribution in [3.8, 4) is 0 Å². The van der Waals surface area contributed by atoms with Crippen LogP contribution in [0.1, 0.15) is 12.6 Å². The monoisotopic (exact) mass is 210 g/mol. The third-order valence-corrected chi connectivity index (χ3v) is 2.05. The number of ether oxygens (including phenoxy) is 2. The third kappa shape index (κ3) is 2.37. The van der Waals surface area contributed by atoms with Gasteiger partial charge in [0.2, 0.25) is 0 Å². The van der Waals surface area contributed by atoms with Gasteiger partial charge in [-0.3, -0.25) is 4.40 Å². The van der Waals surface area contributed by atoms with Gasteiger partial charge in [0, 0.05) is 12.8 Å². The Morgan fingerprint density at radius 3 is 3.13 bits per heavy atom. The van der Waals surface area contributed by atoms with Crippen molar-refractivity contribution in [3.63, 3.8) is 0 Å². The van der Waals surface area contributed by atoms with Crippen LogP contribution in [-0.2, 0) is 16.1 Å². The Balaban J connectivity index is 1.82. The molecule has 2 rings (SSSR count). The Morgan fingerprint density at radius 1 is 1.40 bits per heavy atom. The second-order valence-corrected chi connectivity index (χ2v) is 3.05. The predicted octanol–water partition coefficient (Wildman–Crippen LogP) is 1.48. The predicted molar refractivity (Wildman–Crippen MR) is 53.6 cm³/mol. The molecule has 0 atom stereocenters. The summed E-state index contributed by atoms with van der Waals surface area (Å²) in [6, 6.07) is 0. The van der Waals surface area contributed by atoms with Crippen molar-refractivity contribution in [2.75, 3.05) is 19.8 Å². The lowest BCUT2D eigenvalue weighted by Gasteiger charge is -2.02. The molecule has 2 aromatic rings. The van der Waals surface area contributed by atoms with Crippen LogP contribution >= 0.6 is 0 Å². The Labute approximate surface area is 87.6 Å². The maximum atomic E-state index is 5.43. The van der Waals surface area contributed by atoms with Gasteiger partial charge in [-0.05, 0) is 6.92 Å².